The Hall–Kier alpha value is -3.89. The zero-order valence-electron chi connectivity index (χ0n) is 20.0. The van der Waals surface area contributed by atoms with Crippen LogP contribution in [-0.4, -0.2) is 44.0 Å². The minimum atomic E-state index is -0.821. The first-order valence-electron chi connectivity index (χ1n) is 11.6. The first kappa shape index (κ1) is 25.2. The van der Waals surface area contributed by atoms with Crippen LogP contribution in [0.3, 0.4) is 0 Å². The van der Waals surface area contributed by atoms with Gasteiger partial charge in [-0.1, -0.05) is 19.1 Å². The molecule has 0 bridgehead atoms. The second kappa shape index (κ2) is 9.63. The number of carboxylic acids is 1. The number of carbonyl (C=O) groups is 3. The number of rotatable bonds is 7. The predicted molar refractivity (Wildman–Crippen MR) is 125 cm³/mol. The fourth-order valence-corrected chi connectivity index (χ4v) is 4.27. The summed E-state index contributed by atoms with van der Waals surface area (Å²) in [6, 6.07) is 6.81. The van der Waals surface area contributed by atoms with E-state index < -0.39 is 34.8 Å². The molecule has 1 aliphatic rings. The highest BCUT2D eigenvalue weighted by molar-refractivity contribution is 5.98. The van der Waals surface area contributed by atoms with Crippen molar-refractivity contribution < 1.29 is 28.3 Å². The lowest BCUT2D eigenvalue weighted by Crippen LogP contribution is -2.42. The molecule has 2 aromatic heterocycles. The van der Waals surface area contributed by atoms with Crippen molar-refractivity contribution in [3.8, 4) is 0 Å². The van der Waals surface area contributed by atoms with E-state index in [1.807, 2.05) is 6.92 Å². The fourth-order valence-electron chi connectivity index (χ4n) is 4.27. The Morgan fingerprint density at radius 2 is 1.69 bits per heavy atom. The zero-order valence-corrected chi connectivity index (χ0v) is 20.0. The van der Waals surface area contributed by atoms with E-state index in [2.05, 4.69) is 20.7 Å². The molecule has 9 nitrogen and oxygen atoms in total. The summed E-state index contributed by atoms with van der Waals surface area (Å²) >= 11 is 0. The highest BCUT2D eigenvalue weighted by Gasteiger charge is 2.42. The largest absolute Gasteiger partial charge is 0.481 e. The average Bonchev–Trinajstić information content (AvgIpc) is 3.24. The Morgan fingerprint density at radius 3 is 2.33 bits per heavy atom. The van der Waals surface area contributed by atoms with Gasteiger partial charge in [0, 0.05) is 19.2 Å². The lowest BCUT2D eigenvalue weighted by molar-refractivity contribution is -0.151. The standard InChI is InChI=1S/C25H27F2N5O4/c1-24(7-9-25(2,10-8-24)23(35)36)14-29-22(34)19-11-18(31-20-17(27)13-30-32(19)20)21(33)28-12-15-3-5-16(26)6-4-15/h3-6,11,13H,7-10,12,14H2,1-2H3,(H,28,33)(H,29,34)(H,35,36). The van der Waals surface area contributed by atoms with Crippen molar-refractivity contribution in [1.82, 2.24) is 25.2 Å². The van der Waals surface area contributed by atoms with Gasteiger partial charge < -0.3 is 15.7 Å². The molecule has 190 valence electrons. The number of fused-ring (bicyclic) bond motifs is 1. The van der Waals surface area contributed by atoms with Crippen molar-refractivity contribution in [2.24, 2.45) is 10.8 Å². The third-order valence-electron chi connectivity index (χ3n) is 7.01. The molecule has 0 saturated heterocycles. The molecule has 1 aliphatic carbocycles. The lowest BCUT2D eigenvalue weighted by atomic mass is 9.65. The van der Waals surface area contributed by atoms with Gasteiger partial charge in [-0.05, 0) is 55.7 Å². The molecule has 11 heteroatoms. The van der Waals surface area contributed by atoms with Crippen LogP contribution >= 0.6 is 0 Å². The maximum atomic E-state index is 14.3. The van der Waals surface area contributed by atoms with Gasteiger partial charge in [0.15, 0.2) is 11.5 Å². The molecular formula is C25H27F2N5O4. The number of aliphatic carboxylic acids is 1. The van der Waals surface area contributed by atoms with Crippen LogP contribution in [0.15, 0.2) is 36.5 Å². The maximum Gasteiger partial charge on any atom is 0.309 e. The van der Waals surface area contributed by atoms with Crippen LogP contribution in [0.4, 0.5) is 8.78 Å². The fraction of sp³-hybridized carbons (Fsp3) is 0.400. The second-order valence-electron chi connectivity index (χ2n) is 9.92. The number of hydrogen-bond acceptors (Lipinski definition) is 5. The van der Waals surface area contributed by atoms with Crippen LogP contribution in [0.25, 0.3) is 5.65 Å². The summed E-state index contributed by atoms with van der Waals surface area (Å²) in [5.74, 6) is -3.21. The quantitative estimate of drug-likeness (QED) is 0.458. The number of nitrogens with zero attached hydrogens (tertiary/aromatic N) is 3. The third-order valence-corrected chi connectivity index (χ3v) is 7.01. The molecule has 3 aromatic rings. The molecule has 1 aromatic carbocycles. The van der Waals surface area contributed by atoms with E-state index in [4.69, 9.17) is 0 Å². The van der Waals surface area contributed by atoms with Crippen LogP contribution in [0.1, 0.15) is 66.1 Å². The third kappa shape index (κ3) is 5.19. The molecule has 0 radical (unpaired) electrons. The predicted octanol–water partition coefficient (Wildman–Crippen LogP) is 3.34. The number of benzene rings is 1. The molecule has 0 spiro atoms. The summed E-state index contributed by atoms with van der Waals surface area (Å²) in [4.78, 5) is 41.4. The molecule has 1 fully saturated rings. The van der Waals surface area contributed by atoms with E-state index in [1.54, 1.807) is 6.92 Å². The van der Waals surface area contributed by atoms with E-state index in [1.165, 1.54) is 30.3 Å². The minimum Gasteiger partial charge on any atom is -0.481 e. The summed E-state index contributed by atoms with van der Waals surface area (Å²) < 4.78 is 28.4. The highest BCUT2D eigenvalue weighted by atomic mass is 19.1. The Balaban J connectivity index is 1.49. The van der Waals surface area contributed by atoms with Gasteiger partial charge in [0.25, 0.3) is 11.8 Å². The van der Waals surface area contributed by atoms with E-state index >= 15 is 0 Å². The number of aromatic nitrogens is 3. The highest BCUT2D eigenvalue weighted by Crippen LogP contribution is 2.45. The van der Waals surface area contributed by atoms with Gasteiger partial charge in [-0.15, -0.1) is 0 Å². The van der Waals surface area contributed by atoms with E-state index in [0.717, 1.165) is 10.7 Å². The lowest BCUT2D eigenvalue weighted by Gasteiger charge is -2.41. The van der Waals surface area contributed by atoms with Crippen LogP contribution in [0, 0.1) is 22.5 Å². The minimum absolute atomic E-state index is 0.0642. The topological polar surface area (TPSA) is 126 Å². The van der Waals surface area contributed by atoms with E-state index in [-0.39, 0.29) is 35.5 Å². The molecular weight excluding hydrogens is 472 g/mol. The summed E-state index contributed by atoms with van der Waals surface area (Å²) in [6.45, 7) is 4.08. The van der Waals surface area contributed by atoms with Crippen molar-refractivity contribution >= 4 is 23.4 Å². The first-order valence-corrected chi connectivity index (χ1v) is 11.6. The monoisotopic (exact) mass is 499 g/mol. The molecule has 36 heavy (non-hydrogen) atoms. The Bertz CT molecular complexity index is 1310. The van der Waals surface area contributed by atoms with Gasteiger partial charge in [0.2, 0.25) is 0 Å². The molecule has 2 amide bonds. The van der Waals surface area contributed by atoms with Crippen molar-refractivity contribution in [3.05, 3.63) is 65.1 Å². The summed E-state index contributed by atoms with van der Waals surface area (Å²) in [5, 5.41) is 18.8. The number of halogens is 2. The van der Waals surface area contributed by atoms with E-state index in [9.17, 15) is 28.3 Å². The van der Waals surface area contributed by atoms with Crippen molar-refractivity contribution in [3.63, 3.8) is 0 Å². The van der Waals surface area contributed by atoms with Crippen LogP contribution < -0.4 is 10.6 Å². The van der Waals surface area contributed by atoms with Crippen molar-refractivity contribution in [1.29, 1.82) is 0 Å². The number of nitrogens with one attached hydrogen (secondary N) is 2. The number of amides is 2. The number of carboxylic acid groups (broad SMARTS) is 1. The van der Waals surface area contributed by atoms with Gasteiger partial charge in [-0.3, -0.25) is 14.4 Å². The maximum absolute atomic E-state index is 14.3. The molecule has 0 unspecified atom stereocenters. The molecule has 1 saturated carbocycles. The molecule has 0 atom stereocenters. The smallest absolute Gasteiger partial charge is 0.309 e. The van der Waals surface area contributed by atoms with Gasteiger partial charge in [-0.2, -0.15) is 5.10 Å². The molecule has 3 N–H and O–H groups in total. The van der Waals surface area contributed by atoms with Gasteiger partial charge in [0.1, 0.15) is 17.2 Å². The van der Waals surface area contributed by atoms with Crippen molar-refractivity contribution in [2.75, 3.05) is 6.54 Å². The van der Waals surface area contributed by atoms with Gasteiger partial charge >= 0.3 is 5.97 Å². The second-order valence-corrected chi connectivity index (χ2v) is 9.92. The van der Waals surface area contributed by atoms with Crippen molar-refractivity contribution in [2.45, 2.75) is 46.1 Å². The number of hydrogen-bond donors (Lipinski definition) is 3. The van der Waals surface area contributed by atoms with Gasteiger partial charge in [-0.25, -0.2) is 18.3 Å². The van der Waals surface area contributed by atoms with Gasteiger partial charge in [0.05, 0.1) is 11.6 Å². The van der Waals surface area contributed by atoms with E-state index in [0.29, 0.717) is 31.2 Å². The first-order chi connectivity index (χ1) is 17.0. The normalized spacial score (nSPS) is 21.8. The molecule has 0 aliphatic heterocycles. The Morgan fingerprint density at radius 1 is 1.03 bits per heavy atom. The summed E-state index contributed by atoms with van der Waals surface area (Å²) in [6.07, 6.45) is 3.15. The summed E-state index contributed by atoms with van der Waals surface area (Å²) in [5.41, 5.74) is -0.930. The van der Waals surface area contributed by atoms with Crippen LogP contribution in [0.5, 0.6) is 0 Å². The number of carbonyl (C=O) groups excluding carboxylic acids is 2. The summed E-state index contributed by atoms with van der Waals surface area (Å²) in [7, 11) is 0. The molecule has 4 rings (SSSR count). The zero-order chi connectivity index (χ0) is 26.1. The average molecular weight is 500 g/mol. The van der Waals surface area contributed by atoms with Crippen LogP contribution in [-0.2, 0) is 11.3 Å². The Kier molecular flexibility index (Phi) is 6.75. The Labute approximate surface area is 205 Å². The molecule has 2 heterocycles. The van der Waals surface area contributed by atoms with Crippen LogP contribution in [0.2, 0.25) is 0 Å². The SMILES string of the molecule is CC1(CNC(=O)c2cc(C(=O)NCc3ccc(F)cc3)nc3c(F)cnn23)CCC(C)(C(=O)O)CC1.